The van der Waals surface area contributed by atoms with Gasteiger partial charge in [0, 0.05) is 13.1 Å². The molecule has 0 amide bonds. The number of rotatable bonds is 0. The van der Waals surface area contributed by atoms with E-state index in [2.05, 4.69) is 11.4 Å². The molecule has 10 heavy (non-hydrogen) atoms. The highest BCUT2D eigenvalue weighted by Gasteiger charge is 2.25. The zero-order valence-electron chi connectivity index (χ0n) is 5.88. The first-order valence-corrected chi connectivity index (χ1v) is 3.76. The number of hydrogen-bond acceptors (Lipinski definition) is 3. The molecular weight excluding hydrogens is 128 g/mol. The quantitative estimate of drug-likeness (QED) is 0.491. The van der Waals surface area contributed by atoms with Gasteiger partial charge < -0.3 is 15.3 Å². The second kappa shape index (κ2) is 2.16. The number of aliphatic hydroxyl groups excluding tert-OH is 1. The lowest BCUT2D eigenvalue weighted by molar-refractivity contribution is 0.0260. The van der Waals surface area contributed by atoms with Crippen molar-refractivity contribution in [2.45, 2.75) is 19.1 Å². The Kier molecular flexibility index (Phi) is 1.31. The van der Waals surface area contributed by atoms with Crippen molar-refractivity contribution in [3.63, 3.8) is 0 Å². The first-order chi connectivity index (χ1) is 4.88. The average Bonchev–Trinajstić information content (AvgIpc) is 2.36. The van der Waals surface area contributed by atoms with Crippen molar-refractivity contribution in [1.29, 1.82) is 0 Å². The number of nitrogens with one attached hydrogen (secondary N) is 1. The van der Waals surface area contributed by atoms with Crippen LogP contribution in [-0.2, 0) is 0 Å². The van der Waals surface area contributed by atoms with E-state index in [9.17, 15) is 5.11 Å². The molecule has 0 aromatic carbocycles. The molecule has 3 heteroatoms. The van der Waals surface area contributed by atoms with E-state index in [4.69, 9.17) is 0 Å². The fourth-order valence-electron chi connectivity index (χ4n) is 1.55. The van der Waals surface area contributed by atoms with Gasteiger partial charge in [-0.05, 0) is 18.9 Å². The summed E-state index contributed by atoms with van der Waals surface area (Å²) in [6, 6.07) is 0. The summed E-state index contributed by atoms with van der Waals surface area (Å²) in [6.45, 7) is 1.93. The molecule has 0 radical (unpaired) electrons. The minimum absolute atomic E-state index is 0.241. The molecule has 2 aliphatic heterocycles. The SMILES string of the molecule is OC1CCC=C2NCCN21. The minimum atomic E-state index is -0.241. The summed E-state index contributed by atoms with van der Waals surface area (Å²) >= 11 is 0. The van der Waals surface area contributed by atoms with Crippen LogP contribution in [0.15, 0.2) is 11.9 Å². The summed E-state index contributed by atoms with van der Waals surface area (Å²) in [5, 5.41) is 12.6. The molecule has 2 heterocycles. The molecule has 0 saturated carbocycles. The van der Waals surface area contributed by atoms with E-state index in [0.717, 1.165) is 31.8 Å². The fourth-order valence-corrected chi connectivity index (χ4v) is 1.55. The summed E-state index contributed by atoms with van der Waals surface area (Å²) in [7, 11) is 0. The zero-order chi connectivity index (χ0) is 6.97. The molecule has 0 aromatic heterocycles. The Hall–Kier alpha value is -0.700. The number of hydrogen-bond donors (Lipinski definition) is 2. The number of allylic oxidation sites excluding steroid dienone is 1. The topological polar surface area (TPSA) is 35.5 Å². The third-order valence-corrected chi connectivity index (χ3v) is 2.09. The molecule has 1 saturated heterocycles. The van der Waals surface area contributed by atoms with Gasteiger partial charge in [0.1, 0.15) is 6.23 Å². The third-order valence-electron chi connectivity index (χ3n) is 2.09. The van der Waals surface area contributed by atoms with Crippen molar-refractivity contribution in [3.05, 3.63) is 11.9 Å². The molecule has 2 N–H and O–H groups in total. The van der Waals surface area contributed by atoms with Crippen molar-refractivity contribution in [3.8, 4) is 0 Å². The van der Waals surface area contributed by atoms with E-state index in [1.54, 1.807) is 0 Å². The van der Waals surface area contributed by atoms with Crippen molar-refractivity contribution >= 4 is 0 Å². The summed E-state index contributed by atoms with van der Waals surface area (Å²) < 4.78 is 0. The smallest absolute Gasteiger partial charge is 0.128 e. The predicted molar refractivity (Wildman–Crippen MR) is 38.0 cm³/mol. The first-order valence-electron chi connectivity index (χ1n) is 3.76. The highest BCUT2D eigenvalue weighted by atomic mass is 16.3. The Labute approximate surface area is 60.3 Å². The molecule has 3 nitrogen and oxygen atoms in total. The van der Waals surface area contributed by atoms with Crippen LogP contribution in [0.4, 0.5) is 0 Å². The van der Waals surface area contributed by atoms with Gasteiger partial charge in [-0.2, -0.15) is 0 Å². The first kappa shape index (κ1) is 6.04. The van der Waals surface area contributed by atoms with Crippen LogP contribution in [0.5, 0.6) is 0 Å². The lowest BCUT2D eigenvalue weighted by Gasteiger charge is -2.28. The van der Waals surface area contributed by atoms with Gasteiger partial charge in [-0.1, -0.05) is 0 Å². The van der Waals surface area contributed by atoms with E-state index < -0.39 is 0 Å². The van der Waals surface area contributed by atoms with Crippen LogP contribution in [-0.4, -0.2) is 29.3 Å². The molecule has 2 rings (SSSR count). The summed E-state index contributed by atoms with van der Waals surface area (Å²) in [5.41, 5.74) is 0. The number of nitrogens with zero attached hydrogens (tertiary/aromatic N) is 1. The monoisotopic (exact) mass is 140 g/mol. The molecule has 1 atom stereocenters. The van der Waals surface area contributed by atoms with E-state index in [-0.39, 0.29) is 6.23 Å². The highest BCUT2D eigenvalue weighted by Crippen LogP contribution is 2.19. The maximum Gasteiger partial charge on any atom is 0.128 e. The summed E-state index contributed by atoms with van der Waals surface area (Å²) in [4.78, 5) is 2.02. The zero-order valence-corrected chi connectivity index (χ0v) is 5.88. The molecule has 56 valence electrons. The number of fused-ring (bicyclic) bond motifs is 1. The lowest BCUT2D eigenvalue weighted by atomic mass is 10.2. The Morgan fingerprint density at radius 3 is 3.40 bits per heavy atom. The van der Waals surface area contributed by atoms with Crippen LogP contribution in [0, 0.1) is 0 Å². The Morgan fingerprint density at radius 1 is 1.70 bits per heavy atom. The van der Waals surface area contributed by atoms with E-state index in [1.165, 1.54) is 0 Å². The van der Waals surface area contributed by atoms with E-state index >= 15 is 0 Å². The molecule has 0 aliphatic carbocycles. The second-order valence-electron chi connectivity index (χ2n) is 2.77. The molecule has 0 bridgehead atoms. The average molecular weight is 140 g/mol. The highest BCUT2D eigenvalue weighted by molar-refractivity contribution is 5.07. The minimum Gasteiger partial charge on any atom is -0.374 e. The van der Waals surface area contributed by atoms with Crippen LogP contribution >= 0.6 is 0 Å². The maximum absolute atomic E-state index is 9.42. The van der Waals surface area contributed by atoms with Crippen molar-refractivity contribution in [2.24, 2.45) is 0 Å². The molecule has 1 unspecified atom stereocenters. The molecule has 2 aliphatic rings. The van der Waals surface area contributed by atoms with Gasteiger partial charge in [0.25, 0.3) is 0 Å². The van der Waals surface area contributed by atoms with Crippen LogP contribution in [0.25, 0.3) is 0 Å². The van der Waals surface area contributed by atoms with E-state index in [1.807, 2.05) is 4.90 Å². The van der Waals surface area contributed by atoms with Crippen LogP contribution in [0.2, 0.25) is 0 Å². The van der Waals surface area contributed by atoms with Crippen molar-refractivity contribution < 1.29 is 5.11 Å². The fraction of sp³-hybridized carbons (Fsp3) is 0.714. The maximum atomic E-state index is 9.42. The van der Waals surface area contributed by atoms with E-state index in [0.29, 0.717) is 0 Å². The van der Waals surface area contributed by atoms with Crippen molar-refractivity contribution in [2.75, 3.05) is 13.1 Å². The van der Waals surface area contributed by atoms with Crippen LogP contribution in [0.3, 0.4) is 0 Å². The predicted octanol–water partition coefficient (Wildman–Crippen LogP) is -0.155. The normalized spacial score (nSPS) is 31.1. The summed E-state index contributed by atoms with van der Waals surface area (Å²) in [5.74, 6) is 1.12. The molecule has 0 spiro atoms. The second-order valence-corrected chi connectivity index (χ2v) is 2.77. The molecular formula is C7H12N2O. The molecule has 1 fully saturated rings. The van der Waals surface area contributed by atoms with Gasteiger partial charge in [-0.25, -0.2) is 0 Å². The van der Waals surface area contributed by atoms with Gasteiger partial charge in [0.15, 0.2) is 0 Å². The van der Waals surface area contributed by atoms with Gasteiger partial charge >= 0.3 is 0 Å². The van der Waals surface area contributed by atoms with Gasteiger partial charge in [-0.3, -0.25) is 0 Å². The largest absolute Gasteiger partial charge is 0.374 e. The Bertz CT molecular complexity index is 167. The third kappa shape index (κ3) is 0.778. The van der Waals surface area contributed by atoms with Crippen LogP contribution < -0.4 is 5.32 Å². The van der Waals surface area contributed by atoms with Crippen LogP contribution in [0.1, 0.15) is 12.8 Å². The standard InChI is InChI=1S/C7H12N2O/c10-7-3-1-2-6-8-4-5-9(6)7/h2,7-8,10H,1,3-5H2. The lowest BCUT2D eigenvalue weighted by Crippen LogP contribution is -2.34. The molecule has 0 aromatic rings. The van der Waals surface area contributed by atoms with Gasteiger partial charge in [-0.15, -0.1) is 0 Å². The van der Waals surface area contributed by atoms with Crippen molar-refractivity contribution in [1.82, 2.24) is 10.2 Å². The van der Waals surface area contributed by atoms with Gasteiger partial charge in [0.05, 0.1) is 5.82 Å². The number of aliphatic hydroxyl groups is 1. The Balaban J connectivity index is 2.18. The summed E-state index contributed by atoms with van der Waals surface area (Å²) in [6.07, 6.45) is 3.79. The Morgan fingerprint density at radius 2 is 2.60 bits per heavy atom. The van der Waals surface area contributed by atoms with Gasteiger partial charge in [0.2, 0.25) is 0 Å².